The maximum Gasteiger partial charge on any atom is 0.239 e. The van der Waals surface area contributed by atoms with Crippen LogP contribution in [-0.4, -0.2) is 29.1 Å². The van der Waals surface area contributed by atoms with Gasteiger partial charge in [0.2, 0.25) is 5.88 Å². The van der Waals surface area contributed by atoms with Gasteiger partial charge in [0, 0.05) is 11.3 Å². The highest BCUT2D eigenvalue weighted by atomic mass is 32.2. The van der Waals surface area contributed by atoms with E-state index in [9.17, 15) is 0 Å². The van der Waals surface area contributed by atoms with Gasteiger partial charge in [0.25, 0.3) is 0 Å². The van der Waals surface area contributed by atoms with Crippen molar-refractivity contribution in [2.24, 2.45) is 5.92 Å². The molecule has 0 bridgehead atoms. The first-order valence-corrected chi connectivity index (χ1v) is 9.06. The highest BCUT2D eigenvalue weighted by Gasteiger charge is 2.21. The summed E-state index contributed by atoms with van der Waals surface area (Å²) in [6.07, 6.45) is 7.24. The Hall–Kier alpha value is -1.10. The van der Waals surface area contributed by atoms with Gasteiger partial charge in [-0.05, 0) is 43.6 Å². The molecule has 0 radical (unpaired) electrons. The molecule has 4 nitrogen and oxygen atoms in total. The molecule has 0 amide bonds. The molecular weight excluding hydrogens is 282 g/mol. The number of hydrogen-bond acceptors (Lipinski definition) is 5. The molecule has 2 unspecified atom stereocenters. The average Bonchev–Trinajstić information content (AvgIpc) is 2.48. The van der Waals surface area contributed by atoms with Gasteiger partial charge in [-0.15, -0.1) is 0 Å². The number of nitrogens with two attached hydrogens (primary N) is 1. The zero-order chi connectivity index (χ0) is 15.2. The van der Waals surface area contributed by atoms with Crippen LogP contribution in [0.2, 0.25) is 0 Å². The van der Waals surface area contributed by atoms with Crippen molar-refractivity contribution in [1.29, 1.82) is 0 Å². The van der Waals surface area contributed by atoms with Crippen LogP contribution in [0, 0.1) is 5.92 Å². The van der Waals surface area contributed by atoms with E-state index >= 15 is 0 Å². The lowest BCUT2D eigenvalue weighted by Crippen LogP contribution is -2.28. The van der Waals surface area contributed by atoms with Gasteiger partial charge in [0.15, 0.2) is 0 Å². The summed E-state index contributed by atoms with van der Waals surface area (Å²) < 4.78 is 5.69. The van der Waals surface area contributed by atoms with Gasteiger partial charge in [0.1, 0.15) is 5.82 Å². The van der Waals surface area contributed by atoms with E-state index in [0.29, 0.717) is 30.1 Å². The van der Waals surface area contributed by atoms with E-state index in [0.717, 1.165) is 11.1 Å². The van der Waals surface area contributed by atoms with E-state index in [-0.39, 0.29) is 0 Å². The lowest BCUT2D eigenvalue weighted by Gasteiger charge is -2.29. The minimum atomic E-state index is 0.462. The Kier molecular flexibility index (Phi) is 6.03. The number of aromatic nitrogens is 1. The molecule has 1 aromatic rings. The third-order valence-electron chi connectivity index (χ3n) is 3.75. The third-order valence-corrected chi connectivity index (χ3v) is 4.85. The standard InChI is InChI=1S/C16H27N3OS/c1-11(2)10-20-16-14(17)7-8-15(19-16)18-12-5-4-6-13(9-12)21-3/h7-8,11-13H,4-6,9-10,17H2,1-3H3,(H,18,19). The maximum atomic E-state index is 5.93. The molecule has 21 heavy (non-hydrogen) atoms. The lowest BCUT2D eigenvalue weighted by molar-refractivity contribution is 0.263. The van der Waals surface area contributed by atoms with E-state index in [4.69, 9.17) is 10.5 Å². The van der Waals surface area contributed by atoms with Crippen LogP contribution in [0.1, 0.15) is 39.5 Å². The molecule has 0 aromatic carbocycles. The second kappa shape index (κ2) is 7.78. The molecule has 2 atom stereocenters. The number of hydrogen-bond donors (Lipinski definition) is 2. The summed E-state index contributed by atoms with van der Waals surface area (Å²) in [4.78, 5) is 4.52. The Morgan fingerprint density at radius 2 is 2.24 bits per heavy atom. The van der Waals surface area contributed by atoms with Crippen molar-refractivity contribution < 1.29 is 4.74 Å². The molecule has 3 N–H and O–H groups in total. The molecule has 118 valence electrons. The number of nitrogens with one attached hydrogen (secondary N) is 1. The summed E-state index contributed by atoms with van der Waals surface area (Å²) in [7, 11) is 0. The fourth-order valence-corrected chi connectivity index (χ4v) is 3.42. The van der Waals surface area contributed by atoms with E-state index in [1.54, 1.807) is 0 Å². The summed E-state index contributed by atoms with van der Waals surface area (Å²) in [5.74, 6) is 1.88. The van der Waals surface area contributed by atoms with Crippen molar-refractivity contribution in [2.75, 3.05) is 23.9 Å². The molecule has 1 aliphatic carbocycles. The number of thioether (sulfide) groups is 1. The second-order valence-electron chi connectivity index (χ2n) is 6.16. The minimum Gasteiger partial charge on any atom is -0.476 e. The average molecular weight is 309 g/mol. The minimum absolute atomic E-state index is 0.462. The highest BCUT2D eigenvalue weighted by Crippen LogP contribution is 2.29. The van der Waals surface area contributed by atoms with Gasteiger partial charge in [0.05, 0.1) is 12.3 Å². The number of rotatable bonds is 6. The molecule has 1 saturated carbocycles. The Morgan fingerprint density at radius 3 is 2.95 bits per heavy atom. The fourth-order valence-electron chi connectivity index (χ4n) is 2.59. The first-order valence-electron chi connectivity index (χ1n) is 7.77. The molecule has 1 aromatic heterocycles. The Labute approximate surface area is 132 Å². The maximum absolute atomic E-state index is 5.93. The molecule has 1 aliphatic rings. The predicted octanol–water partition coefficient (Wildman–Crippen LogP) is 3.78. The molecule has 0 aliphatic heterocycles. The smallest absolute Gasteiger partial charge is 0.239 e. The van der Waals surface area contributed by atoms with Crippen LogP contribution in [0.25, 0.3) is 0 Å². The molecule has 1 heterocycles. The first kappa shape index (κ1) is 16.3. The van der Waals surface area contributed by atoms with Crippen LogP contribution >= 0.6 is 11.8 Å². The normalized spacial score (nSPS) is 22.3. The van der Waals surface area contributed by atoms with Crippen LogP contribution in [0.5, 0.6) is 5.88 Å². The van der Waals surface area contributed by atoms with Gasteiger partial charge in [-0.25, -0.2) is 0 Å². The molecule has 0 spiro atoms. The molecule has 1 fully saturated rings. The Balaban J connectivity index is 1.98. The monoisotopic (exact) mass is 309 g/mol. The van der Waals surface area contributed by atoms with Crippen LogP contribution in [0.4, 0.5) is 11.5 Å². The van der Waals surface area contributed by atoms with Gasteiger partial charge in [-0.1, -0.05) is 20.3 Å². The zero-order valence-corrected chi connectivity index (χ0v) is 14.1. The quantitative estimate of drug-likeness (QED) is 0.837. The summed E-state index contributed by atoms with van der Waals surface area (Å²) in [5, 5.41) is 4.31. The molecular formula is C16H27N3OS. The van der Waals surface area contributed by atoms with Crippen molar-refractivity contribution >= 4 is 23.3 Å². The van der Waals surface area contributed by atoms with E-state index in [1.807, 2.05) is 23.9 Å². The second-order valence-corrected chi connectivity index (χ2v) is 7.30. The van der Waals surface area contributed by atoms with Crippen molar-refractivity contribution in [3.05, 3.63) is 12.1 Å². The van der Waals surface area contributed by atoms with Gasteiger partial charge < -0.3 is 15.8 Å². The van der Waals surface area contributed by atoms with Gasteiger partial charge >= 0.3 is 0 Å². The van der Waals surface area contributed by atoms with E-state index in [1.165, 1.54) is 25.7 Å². The largest absolute Gasteiger partial charge is 0.476 e. The van der Waals surface area contributed by atoms with Crippen molar-refractivity contribution in [3.63, 3.8) is 0 Å². The summed E-state index contributed by atoms with van der Waals surface area (Å²) in [6, 6.07) is 4.32. The van der Waals surface area contributed by atoms with Crippen molar-refractivity contribution in [2.45, 2.75) is 50.8 Å². The fraction of sp³-hybridized carbons (Fsp3) is 0.688. The summed E-state index contributed by atoms with van der Waals surface area (Å²) in [6.45, 7) is 4.87. The lowest BCUT2D eigenvalue weighted by atomic mass is 9.95. The number of ether oxygens (including phenoxy) is 1. The summed E-state index contributed by atoms with van der Waals surface area (Å²) >= 11 is 1.97. The number of pyridine rings is 1. The predicted molar refractivity (Wildman–Crippen MR) is 92.2 cm³/mol. The van der Waals surface area contributed by atoms with E-state index in [2.05, 4.69) is 30.4 Å². The molecule has 5 heteroatoms. The topological polar surface area (TPSA) is 60.2 Å². The zero-order valence-electron chi connectivity index (χ0n) is 13.3. The van der Waals surface area contributed by atoms with Gasteiger partial charge in [-0.2, -0.15) is 16.7 Å². The molecule has 0 saturated heterocycles. The van der Waals surface area contributed by atoms with Crippen molar-refractivity contribution in [1.82, 2.24) is 4.98 Å². The first-order chi connectivity index (χ1) is 10.1. The van der Waals surface area contributed by atoms with E-state index < -0.39 is 0 Å². The third kappa shape index (κ3) is 4.99. The SMILES string of the molecule is CSC1CCCC(Nc2ccc(N)c(OCC(C)C)n2)C1. The number of nitrogens with zero attached hydrogens (tertiary/aromatic N) is 1. The van der Waals surface area contributed by atoms with Crippen LogP contribution in [0.15, 0.2) is 12.1 Å². The van der Waals surface area contributed by atoms with Crippen LogP contribution in [0.3, 0.4) is 0 Å². The molecule has 2 rings (SSSR count). The Bertz CT molecular complexity index is 453. The summed E-state index contributed by atoms with van der Waals surface area (Å²) in [5.41, 5.74) is 6.54. The number of nitrogen functional groups attached to an aromatic ring is 1. The van der Waals surface area contributed by atoms with Crippen molar-refractivity contribution in [3.8, 4) is 5.88 Å². The Morgan fingerprint density at radius 1 is 1.43 bits per heavy atom. The van der Waals surface area contributed by atoms with Crippen LogP contribution < -0.4 is 15.8 Å². The van der Waals surface area contributed by atoms with Crippen LogP contribution in [-0.2, 0) is 0 Å². The highest BCUT2D eigenvalue weighted by molar-refractivity contribution is 7.99. The number of anilines is 2. The van der Waals surface area contributed by atoms with Gasteiger partial charge in [-0.3, -0.25) is 0 Å².